The van der Waals surface area contributed by atoms with Crippen molar-refractivity contribution in [1.29, 1.82) is 0 Å². The van der Waals surface area contributed by atoms with Crippen LogP contribution in [0.1, 0.15) is 30.2 Å². The first-order valence-electron chi connectivity index (χ1n) is 7.39. The minimum Gasteiger partial charge on any atom is -0.364 e. The van der Waals surface area contributed by atoms with Crippen LogP contribution in [-0.2, 0) is 20.1 Å². The Morgan fingerprint density at radius 3 is 2.83 bits per heavy atom. The second kappa shape index (κ2) is 7.75. The Labute approximate surface area is 152 Å². The topological polar surface area (TPSA) is 84.4 Å². The highest BCUT2D eigenvalue weighted by molar-refractivity contribution is 14.0. The lowest BCUT2D eigenvalue weighted by Gasteiger charge is -2.21. The number of guanidine groups is 1. The fourth-order valence-electron chi connectivity index (χ4n) is 2.06. The first-order valence-corrected chi connectivity index (χ1v) is 7.39. The molecule has 0 bridgehead atoms. The molecule has 126 valence electrons. The number of nitrogens with zero attached hydrogens (tertiary/aromatic N) is 6. The van der Waals surface area contributed by atoms with Gasteiger partial charge in [0, 0.05) is 26.2 Å². The molecule has 8 nitrogen and oxygen atoms in total. The van der Waals surface area contributed by atoms with Gasteiger partial charge in [-0.2, -0.15) is 0 Å². The van der Waals surface area contributed by atoms with Crippen LogP contribution in [-0.4, -0.2) is 43.9 Å². The van der Waals surface area contributed by atoms with Crippen molar-refractivity contribution in [1.82, 2.24) is 30.1 Å². The SMILES string of the molecule is Cc1nnc(CN=C(NC2CC2)N(C)Cc2ccon2)n1C.I. The lowest BCUT2D eigenvalue weighted by Crippen LogP contribution is -2.39. The maximum atomic E-state index is 4.88. The number of hydrogen-bond donors (Lipinski definition) is 1. The molecule has 0 aromatic carbocycles. The zero-order chi connectivity index (χ0) is 15.5. The van der Waals surface area contributed by atoms with Crippen LogP contribution in [0.2, 0.25) is 0 Å². The van der Waals surface area contributed by atoms with Gasteiger partial charge in [0.1, 0.15) is 24.3 Å². The summed E-state index contributed by atoms with van der Waals surface area (Å²) in [6.07, 6.45) is 3.97. The fraction of sp³-hybridized carbons (Fsp3) is 0.571. The van der Waals surface area contributed by atoms with Gasteiger partial charge in [-0.15, -0.1) is 34.2 Å². The largest absolute Gasteiger partial charge is 0.364 e. The monoisotopic (exact) mass is 431 g/mol. The van der Waals surface area contributed by atoms with Gasteiger partial charge < -0.3 is 19.3 Å². The maximum absolute atomic E-state index is 4.88. The Kier molecular flexibility index (Phi) is 5.97. The summed E-state index contributed by atoms with van der Waals surface area (Å²) in [4.78, 5) is 6.72. The van der Waals surface area contributed by atoms with Crippen LogP contribution in [0.5, 0.6) is 0 Å². The summed E-state index contributed by atoms with van der Waals surface area (Å²) in [6.45, 7) is 3.07. The normalized spacial score (nSPS) is 14.5. The quantitative estimate of drug-likeness (QED) is 0.439. The van der Waals surface area contributed by atoms with Crippen LogP contribution in [0.15, 0.2) is 21.8 Å². The van der Waals surface area contributed by atoms with Gasteiger partial charge in [0.25, 0.3) is 0 Å². The van der Waals surface area contributed by atoms with E-state index in [9.17, 15) is 0 Å². The van der Waals surface area contributed by atoms with Gasteiger partial charge in [0.2, 0.25) is 0 Å². The zero-order valence-corrected chi connectivity index (χ0v) is 15.9. The van der Waals surface area contributed by atoms with Crippen molar-refractivity contribution < 1.29 is 4.52 Å². The molecule has 1 saturated carbocycles. The summed E-state index contributed by atoms with van der Waals surface area (Å²) in [6, 6.07) is 2.39. The molecule has 2 heterocycles. The van der Waals surface area contributed by atoms with E-state index in [1.807, 2.05) is 36.6 Å². The van der Waals surface area contributed by atoms with Crippen LogP contribution in [0.25, 0.3) is 0 Å². The second-order valence-electron chi connectivity index (χ2n) is 5.63. The Bertz CT molecular complexity index is 648. The summed E-state index contributed by atoms with van der Waals surface area (Å²) in [5, 5.41) is 15.6. The summed E-state index contributed by atoms with van der Waals surface area (Å²) >= 11 is 0. The van der Waals surface area contributed by atoms with Crippen molar-refractivity contribution in [2.24, 2.45) is 12.0 Å². The minimum atomic E-state index is 0. The van der Waals surface area contributed by atoms with Gasteiger partial charge in [-0.25, -0.2) is 4.99 Å². The van der Waals surface area contributed by atoms with Gasteiger partial charge in [0.05, 0.1) is 6.54 Å². The molecule has 0 unspecified atom stereocenters. The Morgan fingerprint density at radius 2 is 2.26 bits per heavy atom. The molecule has 3 rings (SSSR count). The molecule has 1 fully saturated rings. The second-order valence-corrected chi connectivity index (χ2v) is 5.63. The number of halogens is 1. The van der Waals surface area contributed by atoms with Crippen LogP contribution in [0, 0.1) is 6.92 Å². The van der Waals surface area contributed by atoms with Gasteiger partial charge in [-0.05, 0) is 19.8 Å². The number of aromatic nitrogens is 4. The first-order chi connectivity index (χ1) is 10.6. The lowest BCUT2D eigenvalue weighted by molar-refractivity contribution is 0.390. The molecule has 2 aromatic heterocycles. The number of aryl methyl sites for hydroxylation is 1. The molecular weight excluding hydrogens is 409 g/mol. The average Bonchev–Trinajstić information content (AvgIpc) is 3.08. The lowest BCUT2D eigenvalue weighted by atomic mass is 10.4. The number of hydrogen-bond acceptors (Lipinski definition) is 5. The highest BCUT2D eigenvalue weighted by Gasteiger charge is 2.24. The van der Waals surface area contributed by atoms with Gasteiger partial charge in [-0.3, -0.25) is 0 Å². The van der Waals surface area contributed by atoms with Gasteiger partial charge >= 0.3 is 0 Å². The van der Waals surface area contributed by atoms with E-state index in [0.717, 1.165) is 23.3 Å². The Balaban J connectivity index is 0.00000192. The van der Waals surface area contributed by atoms with E-state index in [2.05, 4.69) is 25.7 Å². The molecule has 23 heavy (non-hydrogen) atoms. The molecule has 0 atom stereocenters. The Morgan fingerprint density at radius 1 is 1.48 bits per heavy atom. The highest BCUT2D eigenvalue weighted by Crippen LogP contribution is 2.19. The molecular formula is C14H22IN7O. The van der Waals surface area contributed by atoms with E-state index in [1.54, 1.807) is 6.26 Å². The van der Waals surface area contributed by atoms with E-state index in [0.29, 0.717) is 19.1 Å². The zero-order valence-electron chi connectivity index (χ0n) is 13.6. The van der Waals surface area contributed by atoms with Crippen LogP contribution in [0.4, 0.5) is 0 Å². The first kappa shape index (κ1) is 17.7. The minimum absolute atomic E-state index is 0. The molecule has 2 aromatic rings. The smallest absolute Gasteiger partial charge is 0.194 e. The van der Waals surface area contributed by atoms with Crippen molar-refractivity contribution >= 4 is 29.9 Å². The molecule has 0 radical (unpaired) electrons. The van der Waals surface area contributed by atoms with Crippen molar-refractivity contribution in [2.75, 3.05) is 7.05 Å². The number of aliphatic imine (C=N–C) groups is 1. The van der Waals surface area contributed by atoms with Gasteiger partial charge in [-0.1, -0.05) is 5.16 Å². The van der Waals surface area contributed by atoms with Gasteiger partial charge in [0.15, 0.2) is 11.8 Å². The summed E-state index contributed by atoms with van der Waals surface area (Å²) in [5.74, 6) is 2.59. The molecule has 9 heteroatoms. The van der Waals surface area contributed by atoms with Crippen molar-refractivity contribution in [3.63, 3.8) is 0 Å². The maximum Gasteiger partial charge on any atom is 0.194 e. The van der Waals surface area contributed by atoms with E-state index in [1.165, 1.54) is 12.8 Å². The fourth-order valence-corrected chi connectivity index (χ4v) is 2.06. The summed E-state index contributed by atoms with van der Waals surface area (Å²) < 4.78 is 6.83. The predicted octanol–water partition coefficient (Wildman–Crippen LogP) is 1.47. The Hall–Kier alpha value is -1.65. The summed E-state index contributed by atoms with van der Waals surface area (Å²) in [7, 11) is 3.94. The molecule has 0 aliphatic heterocycles. The predicted molar refractivity (Wildman–Crippen MR) is 96.4 cm³/mol. The van der Waals surface area contributed by atoms with Crippen molar-refractivity contribution in [3.05, 3.63) is 29.7 Å². The van der Waals surface area contributed by atoms with E-state index in [-0.39, 0.29) is 24.0 Å². The molecule has 0 spiro atoms. The standard InChI is InChI=1S/C14H21N7O.HI/c1-10-17-18-13(21(10)3)8-15-14(16-11-4-5-11)20(2)9-12-6-7-22-19-12;/h6-7,11H,4-5,8-9H2,1-3H3,(H,15,16);1H. The molecule has 1 aliphatic carbocycles. The van der Waals surface area contributed by atoms with Crippen LogP contribution >= 0.6 is 24.0 Å². The van der Waals surface area contributed by atoms with E-state index in [4.69, 9.17) is 4.52 Å². The molecule has 1 N–H and O–H groups in total. The van der Waals surface area contributed by atoms with Crippen molar-refractivity contribution in [3.8, 4) is 0 Å². The van der Waals surface area contributed by atoms with E-state index < -0.39 is 0 Å². The number of nitrogens with one attached hydrogen (secondary N) is 1. The molecule has 1 aliphatic rings. The molecule has 0 saturated heterocycles. The van der Waals surface area contributed by atoms with Crippen molar-refractivity contribution in [2.45, 2.75) is 38.9 Å². The molecule has 0 amide bonds. The summed E-state index contributed by atoms with van der Waals surface area (Å²) in [5.41, 5.74) is 0.877. The van der Waals surface area contributed by atoms with Crippen LogP contribution < -0.4 is 5.32 Å². The highest BCUT2D eigenvalue weighted by atomic mass is 127. The third-order valence-electron chi connectivity index (χ3n) is 3.72. The number of rotatable bonds is 5. The van der Waals surface area contributed by atoms with E-state index >= 15 is 0 Å². The third kappa shape index (κ3) is 4.66. The average molecular weight is 431 g/mol. The van der Waals surface area contributed by atoms with Crippen LogP contribution in [0.3, 0.4) is 0 Å². The third-order valence-corrected chi connectivity index (χ3v) is 3.72.